The van der Waals surface area contributed by atoms with Crippen LogP contribution in [0.15, 0.2) is 30.3 Å². The normalized spacial score (nSPS) is 42.3. The van der Waals surface area contributed by atoms with Crippen LogP contribution in [0.2, 0.25) is 36.3 Å². The molecule has 6 fully saturated rings. The van der Waals surface area contributed by atoms with Gasteiger partial charge in [0.15, 0.2) is 34.1 Å². The second-order valence-corrected chi connectivity index (χ2v) is 29.9. The van der Waals surface area contributed by atoms with E-state index in [9.17, 15) is 9.90 Å². The summed E-state index contributed by atoms with van der Waals surface area (Å²) in [7, 11) is -4.61. The minimum absolute atomic E-state index is 0.0329. The summed E-state index contributed by atoms with van der Waals surface area (Å²) in [5.74, 6) is -1.97. The van der Waals surface area contributed by atoms with Gasteiger partial charge in [0.25, 0.3) is 0 Å². The van der Waals surface area contributed by atoms with Crippen molar-refractivity contribution >= 4 is 22.8 Å². The fourth-order valence-corrected chi connectivity index (χ4v) is 12.1. The Hall–Kier alpha value is -1.36. The van der Waals surface area contributed by atoms with E-state index >= 15 is 0 Å². The van der Waals surface area contributed by atoms with E-state index in [1.54, 1.807) is 0 Å². The van der Waals surface area contributed by atoms with Gasteiger partial charge in [-0.3, -0.25) is 0 Å². The standard InChI is InChI=1S/C40H64O10Si2/c1-24-19-28-39-26(20-38(50-39,23-45-52(12,13)36(5,6)7)33(41)40(28)32(24)46-34(42)49-40)29(43-21-25-17-15-14-16-18-25)31-30(47-37(8,9)48-31)27(39)22-44-51(10,11)35(2,3)4/h14-18,24,26-33,41H,19-23H2,1-13H3/t24-,26-,27+,28-,29+,30+,31+,32-,33+,38+,39-,40+/m0/s1. The highest BCUT2D eigenvalue weighted by atomic mass is 28.4. The molecule has 1 N–H and O–H groups in total. The molecular formula is C40H64O10Si2. The van der Waals surface area contributed by atoms with Crippen molar-refractivity contribution in [1.29, 1.82) is 0 Å². The van der Waals surface area contributed by atoms with Crippen molar-refractivity contribution in [3.63, 3.8) is 0 Å². The molecule has 0 radical (unpaired) electrons. The number of carbonyl (C=O) groups is 1. The lowest BCUT2D eigenvalue weighted by Gasteiger charge is -2.61. The Morgan fingerprint density at radius 2 is 1.52 bits per heavy atom. The quantitative estimate of drug-likeness (QED) is 0.200. The lowest BCUT2D eigenvalue weighted by Crippen LogP contribution is -2.76. The largest absolute Gasteiger partial charge is 0.509 e. The molecule has 12 atom stereocenters. The maximum absolute atomic E-state index is 13.3. The Balaban J connectivity index is 1.41. The topological polar surface area (TPSA) is 111 Å². The number of benzene rings is 1. The highest BCUT2D eigenvalue weighted by molar-refractivity contribution is 6.74. The molecule has 1 aromatic rings. The summed E-state index contributed by atoms with van der Waals surface area (Å²) in [6.07, 6.45) is -2.83. The average molecular weight is 761 g/mol. The zero-order chi connectivity index (χ0) is 38.1. The van der Waals surface area contributed by atoms with Gasteiger partial charge < -0.3 is 42.4 Å². The molecule has 292 valence electrons. The molecule has 4 heterocycles. The monoisotopic (exact) mass is 760 g/mol. The van der Waals surface area contributed by atoms with Crippen LogP contribution in [-0.4, -0.2) is 94.2 Å². The molecule has 12 heteroatoms. The lowest BCUT2D eigenvalue weighted by atomic mass is 9.57. The predicted molar refractivity (Wildman–Crippen MR) is 201 cm³/mol. The van der Waals surface area contributed by atoms with Crippen molar-refractivity contribution < 1.29 is 47.2 Å². The van der Waals surface area contributed by atoms with E-state index < -0.39 is 81.8 Å². The Bertz CT molecular complexity index is 1520. The van der Waals surface area contributed by atoms with Crippen LogP contribution < -0.4 is 0 Å². The van der Waals surface area contributed by atoms with Crippen LogP contribution in [0.4, 0.5) is 4.79 Å². The second-order valence-electron chi connectivity index (χ2n) is 20.3. The van der Waals surface area contributed by atoms with E-state index in [4.69, 9.17) is 37.3 Å². The maximum atomic E-state index is 13.3. The Labute approximate surface area is 313 Å². The molecule has 7 rings (SSSR count). The number of ether oxygens (including phenoxy) is 6. The third kappa shape index (κ3) is 5.74. The summed E-state index contributed by atoms with van der Waals surface area (Å²) in [4.78, 5) is 13.3. The van der Waals surface area contributed by atoms with Crippen LogP contribution in [0.5, 0.6) is 0 Å². The number of fused-ring (bicyclic) bond motifs is 2. The van der Waals surface area contributed by atoms with Crippen molar-refractivity contribution in [3.05, 3.63) is 35.9 Å². The van der Waals surface area contributed by atoms with Crippen LogP contribution in [0.25, 0.3) is 0 Å². The van der Waals surface area contributed by atoms with Gasteiger partial charge >= 0.3 is 6.16 Å². The van der Waals surface area contributed by atoms with Gasteiger partial charge in [0.05, 0.1) is 31.0 Å². The number of carbonyl (C=O) groups excluding carboxylic acids is 1. The maximum Gasteiger partial charge on any atom is 0.509 e. The van der Waals surface area contributed by atoms with Crippen molar-refractivity contribution in [3.8, 4) is 0 Å². The Morgan fingerprint density at radius 1 is 0.904 bits per heavy atom. The molecule has 10 nitrogen and oxygen atoms in total. The van der Waals surface area contributed by atoms with Crippen molar-refractivity contribution in [2.24, 2.45) is 23.7 Å². The number of hydrogen-bond acceptors (Lipinski definition) is 10. The van der Waals surface area contributed by atoms with Crippen LogP contribution in [0.1, 0.15) is 80.7 Å². The predicted octanol–water partition coefficient (Wildman–Crippen LogP) is 7.58. The summed E-state index contributed by atoms with van der Waals surface area (Å²) in [5.41, 5.74) is -2.48. The van der Waals surface area contributed by atoms with Gasteiger partial charge in [-0.05, 0) is 74.4 Å². The van der Waals surface area contributed by atoms with Crippen molar-refractivity contribution in [2.45, 2.75) is 171 Å². The summed E-state index contributed by atoms with van der Waals surface area (Å²) < 4.78 is 55.1. The molecule has 4 aliphatic heterocycles. The molecule has 2 bridgehead atoms. The number of hydrogen-bond donors (Lipinski definition) is 1. The summed E-state index contributed by atoms with van der Waals surface area (Å²) >= 11 is 0. The van der Waals surface area contributed by atoms with E-state index in [0.717, 1.165) is 5.56 Å². The number of rotatable bonds is 9. The first-order chi connectivity index (χ1) is 23.9. The number of aliphatic hydroxyl groups is 1. The van der Waals surface area contributed by atoms with Gasteiger partial charge in [-0.1, -0.05) is 78.8 Å². The summed E-state index contributed by atoms with van der Waals surface area (Å²) in [5, 5.41) is 12.8. The molecule has 52 heavy (non-hydrogen) atoms. The summed E-state index contributed by atoms with van der Waals surface area (Å²) in [6, 6.07) is 10.2. The second kappa shape index (κ2) is 12.3. The highest BCUT2D eigenvalue weighted by Crippen LogP contribution is 2.72. The minimum atomic E-state index is -2.34. The Kier molecular flexibility index (Phi) is 9.22. The third-order valence-corrected chi connectivity index (χ3v) is 23.6. The van der Waals surface area contributed by atoms with Gasteiger partial charge in [0.1, 0.15) is 17.8 Å². The third-order valence-electron chi connectivity index (χ3n) is 14.7. The van der Waals surface area contributed by atoms with Crippen molar-refractivity contribution in [1.82, 2.24) is 0 Å². The first-order valence-corrected chi connectivity index (χ1v) is 25.3. The van der Waals surface area contributed by atoms with E-state index in [-0.39, 0.29) is 34.4 Å². The lowest BCUT2D eigenvalue weighted by molar-refractivity contribution is -0.331. The molecule has 0 unspecified atom stereocenters. The van der Waals surface area contributed by atoms with Gasteiger partial charge in [-0.15, -0.1) is 0 Å². The number of aliphatic hydroxyl groups excluding tert-OH is 1. The molecule has 1 aromatic carbocycles. The highest BCUT2D eigenvalue weighted by Gasteiger charge is 2.86. The van der Waals surface area contributed by atoms with Crippen LogP contribution in [0.3, 0.4) is 0 Å². The van der Waals surface area contributed by atoms with Crippen LogP contribution in [0, 0.1) is 23.7 Å². The fourth-order valence-electron chi connectivity index (χ4n) is 10.0. The van der Waals surface area contributed by atoms with Crippen LogP contribution >= 0.6 is 0 Å². The molecule has 0 amide bonds. The zero-order valence-electron chi connectivity index (χ0n) is 33.7. The molecule has 0 aromatic heterocycles. The van der Waals surface area contributed by atoms with Gasteiger partial charge in [0.2, 0.25) is 0 Å². The van der Waals surface area contributed by atoms with E-state index in [0.29, 0.717) is 26.1 Å². The molecular weight excluding hydrogens is 697 g/mol. The first kappa shape index (κ1) is 38.9. The van der Waals surface area contributed by atoms with E-state index in [1.165, 1.54) is 0 Å². The van der Waals surface area contributed by atoms with Gasteiger partial charge in [-0.25, -0.2) is 4.79 Å². The smallest absolute Gasteiger partial charge is 0.426 e. The zero-order valence-corrected chi connectivity index (χ0v) is 35.7. The average Bonchev–Trinajstić information content (AvgIpc) is 3.73. The molecule has 6 aliphatic rings. The fraction of sp³-hybridized carbons (Fsp3) is 0.825. The van der Waals surface area contributed by atoms with Crippen molar-refractivity contribution in [2.75, 3.05) is 13.2 Å². The molecule has 2 aliphatic carbocycles. The van der Waals surface area contributed by atoms with E-state index in [1.807, 2.05) is 32.0 Å². The van der Waals surface area contributed by atoms with Gasteiger partial charge in [-0.2, -0.15) is 0 Å². The molecule has 4 saturated heterocycles. The van der Waals surface area contributed by atoms with E-state index in [2.05, 4.69) is 86.8 Å². The SMILES string of the molecule is C[C@H]1C[C@H]2[C@]34O[C@@](CO[Si](C)(C)C(C)(C)C)(C[C@H]3[C@@H](OCc3ccccc3)[C@H]3OC(C)(C)O[C@@H]3[C@H]4CO[Si](C)(C)C(C)(C)C)[C@@H](O)[C@@]23OC(=O)O[C@@H]13. The van der Waals surface area contributed by atoms with Gasteiger partial charge in [0, 0.05) is 24.4 Å². The molecule has 2 spiro atoms. The molecule has 2 saturated carbocycles. The Morgan fingerprint density at radius 3 is 2.15 bits per heavy atom. The first-order valence-electron chi connectivity index (χ1n) is 19.5. The minimum Gasteiger partial charge on any atom is -0.426 e. The van der Waals surface area contributed by atoms with Crippen LogP contribution in [-0.2, 0) is 43.9 Å². The summed E-state index contributed by atoms with van der Waals surface area (Å²) in [6.45, 7) is 29.2.